The quantitative estimate of drug-likeness (QED) is 0.456. The first-order valence-electron chi connectivity index (χ1n) is 9.38. The van der Waals surface area contributed by atoms with Gasteiger partial charge in [0.15, 0.2) is 6.61 Å². The molecule has 1 amide bonds. The summed E-state index contributed by atoms with van der Waals surface area (Å²) in [6.45, 7) is -0.208. The Morgan fingerprint density at radius 2 is 1.69 bits per heavy atom. The van der Waals surface area contributed by atoms with Crippen molar-refractivity contribution < 1.29 is 22.7 Å². The third-order valence-corrected chi connectivity index (χ3v) is 6.25. The Balaban J connectivity index is 1.61. The highest BCUT2D eigenvalue weighted by molar-refractivity contribution is 7.89. The maximum atomic E-state index is 12.5. The van der Waals surface area contributed by atoms with Crippen LogP contribution in [0.4, 0.5) is 5.69 Å². The molecular formula is C22H20Cl2N2O5S. The molecule has 0 unspecified atom stereocenters. The monoisotopic (exact) mass is 494 g/mol. The van der Waals surface area contributed by atoms with Gasteiger partial charge in [0.2, 0.25) is 10.0 Å². The van der Waals surface area contributed by atoms with Crippen LogP contribution in [0.3, 0.4) is 0 Å². The summed E-state index contributed by atoms with van der Waals surface area (Å²) in [5, 5.41) is 3.13. The molecule has 32 heavy (non-hydrogen) atoms. The fourth-order valence-corrected chi connectivity index (χ4v) is 4.25. The molecule has 2 N–H and O–H groups in total. The van der Waals surface area contributed by atoms with E-state index in [9.17, 15) is 13.2 Å². The van der Waals surface area contributed by atoms with Gasteiger partial charge in [0, 0.05) is 11.6 Å². The molecule has 0 atom stereocenters. The van der Waals surface area contributed by atoms with Crippen molar-refractivity contribution in [2.75, 3.05) is 19.0 Å². The van der Waals surface area contributed by atoms with Crippen LogP contribution in [0, 0.1) is 0 Å². The fraction of sp³-hybridized carbons (Fsp3) is 0.136. The number of amides is 1. The van der Waals surface area contributed by atoms with Crippen molar-refractivity contribution in [2.45, 2.75) is 11.4 Å². The van der Waals surface area contributed by atoms with E-state index in [1.807, 2.05) is 30.3 Å². The zero-order valence-electron chi connectivity index (χ0n) is 17.0. The molecular weight excluding hydrogens is 475 g/mol. The van der Waals surface area contributed by atoms with Gasteiger partial charge in [-0.3, -0.25) is 4.79 Å². The Hall–Kier alpha value is -2.78. The number of ether oxygens (including phenoxy) is 2. The normalized spacial score (nSPS) is 11.1. The van der Waals surface area contributed by atoms with Crippen LogP contribution in [-0.4, -0.2) is 28.0 Å². The van der Waals surface area contributed by atoms with Crippen molar-refractivity contribution in [1.29, 1.82) is 0 Å². The van der Waals surface area contributed by atoms with Crippen LogP contribution >= 0.6 is 23.2 Å². The summed E-state index contributed by atoms with van der Waals surface area (Å²) in [5.74, 6) is 0.142. The van der Waals surface area contributed by atoms with Crippen LogP contribution in [0.5, 0.6) is 11.5 Å². The van der Waals surface area contributed by atoms with E-state index in [1.54, 1.807) is 18.2 Å². The number of nitrogens with one attached hydrogen (secondary N) is 2. The van der Waals surface area contributed by atoms with Gasteiger partial charge in [-0.25, -0.2) is 13.1 Å². The van der Waals surface area contributed by atoms with Crippen LogP contribution in [0.25, 0.3) is 0 Å². The predicted molar refractivity (Wildman–Crippen MR) is 124 cm³/mol. The molecule has 168 valence electrons. The summed E-state index contributed by atoms with van der Waals surface area (Å²) < 4.78 is 38.2. The molecule has 0 fully saturated rings. The third kappa shape index (κ3) is 6.37. The minimum atomic E-state index is -3.78. The van der Waals surface area contributed by atoms with Crippen LogP contribution in [0.2, 0.25) is 10.0 Å². The second kappa shape index (κ2) is 10.7. The highest BCUT2D eigenvalue weighted by Crippen LogP contribution is 2.29. The van der Waals surface area contributed by atoms with Crippen molar-refractivity contribution >= 4 is 44.8 Å². The molecule has 7 nitrogen and oxygen atoms in total. The van der Waals surface area contributed by atoms with Gasteiger partial charge in [0.25, 0.3) is 5.91 Å². The molecule has 3 aromatic carbocycles. The lowest BCUT2D eigenvalue weighted by Crippen LogP contribution is -2.23. The van der Waals surface area contributed by atoms with Crippen LogP contribution in [0.1, 0.15) is 5.56 Å². The van der Waals surface area contributed by atoms with Crippen molar-refractivity contribution in [3.05, 3.63) is 82.3 Å². The minimum Gasteiger partial charge on any atom is -0.495 e. The lowest BCUT2D eigenvalue weighted by atomic mass is 10.2. The first-order valence-corrected chi connectivity index (χ1v) is 11.6. The smallest absolute Gasteiger partial charge is 0.262 e. The van der Waals surface area contributed by atoms with Crippen molar-refractivity contribution in [2.24, 2.45) is 0 Å². The molecule has 0 spiro atoms. The Kier molecular flexibility index (Phi) is 7.98. The maximum Gasteiger partial charge on any atom is 0.262 e. The first-order chi connectivity index (χ1) is 15.3. The minimum absolute atomic E-state index is 0.0149. The number of halogens is 2. The van der Waals surface area contributed by atoms with Gasteiger partial charge in [-0.05, 0) is 42.0 Å². The van der Waals surface area contributed by atoms with E-state index in [0.29, 0.717) is 16.5 Å². The molecule has 0 bridgehead atoms. The molecule has 0 radical (unpaired) electrons. The van der Waals surface area contributed by atoms with Gasteiger partial charge >= 0.3 is 0 Å². The fourth-order valence-electron chi connectivity index (χ4n) is 2.73. The van der Waals surface area contributed by atoms with Gasteiger partial charge in [0.05, 0.1) is 22.7 Å². The molecule has 0 saturated carbocycles. The first kappa shape index (κ1) is 23.9. The van der Waals surface area contributed by atoms with Gasteiger partial charge in [0.1, 0.15) is 11.5 Å². The summed E-state index contributed by atoms with van der Waals surface area (Å²) in [7, 11) is -2.31. The molecule has 3 rings (SSSR count). The summed E-state index contributed by atoms with van der Waals surface area (Å²) in [5.41, 5.74) is 1.22. The molecule has 10 heteroatoms. The van der Waals surface area contributed by atoms with Crippen LogP contribution < -0.4 is 19.5 Å². The van der Waals surface area contributed by atoms with E-state index >= 15 is 0 Å². The number of carbonyl (C=O) groups is 1. The average molecular weight is 495 g/mol. The molecule has 3 aromatic rings. The SMILES string of the molecule is COc1ccc(Cl)cc1NC(=O)COc1ccc(S(=O)(=O)NCc2ccccc2)cc1Cl. The lowest BCUT2D eigenvalue weighted by molar-refractivity contribution is -0.118. The number of hydrogen-bond donors (Lipinski definition) is 2. The third-order valence-electron chi connectivity index (χ3n) is 4.32. The van der Waals surface area contributed by atoms with E-state index in [0.717, 1.165) is 5.56 Å². The number of carbonyl (C=O) groups excluding carboxylic acids is 1. The summed E-state index contributed by atoms with van der Waals surface area (Å²) in [6.07, 6.45) is 0. The van der Waals surface area contributed by atoms with Gasteiger partial charge in [-0.2, -0.15) is 0 Å². The predicted octanol–water partition coefficient (Wildman–Crippen LogP) is 4.50. The largest absolute Gasteiger partial charge is 0.495 e. The number of methoxy groups -OCH3 is 1. The Morgan fingerprint density at radius 3 is 2.38 bits per heavy atom. The molecule has 0 aromatic heterocycles. The van der Waals surface area contributed by atoms with E-state index in [1.165, 1.54) is 25.3 Å². The van der Waals surface area contributed by atoms with Gasteiger partial charge in [-0.15, -0.1) is 0 Å². The Bertz CT molecular complexity index is 1200. The Morgan fingerprint density at radius 1 is 0.969 bits per heavy atom. The number of rotatable bonds is 9. The number of hydrogen-bond acceptors (Lipinski definition) is 5. The molecule has 0 heterocycles. The number of anilines is 1. The zero-order valence-corrected chi connectivity index (χ0v) is 19.3. The van der Waals surface area contributed by atoms with Gasteiger partial charge in [-0.1, -0.05) is 53.5 Å². The highest BCUT2D eigenvalue weighted by Gasteiger charge is 2.17. The molecule has 0 saturated heterocycles. The van der Waals surface area contributed by atoms with E-state index in [-0.39, 0.29) is 28.8 Å². The van der Waals surface area contributed by atoms with Crippen LogP contribution in [-0.2, 0) is 21.4 Å². The summed E-state index contributed by atoms with van der Waals surface area (Å²) >= 11 is 12.1. The molecule has 0 aliphatic carbocycles. The topological polar surface area (TPSA) is 93.7 Å². The van der Waals surface area contributed by atoms with Crippen molar-refractivity contribution in [3.8, 4) is 11.5 Å². The van der Waals surface area contributed by atoms with E-state index in [4.69, 9.17) is 32.7 Å². The van der Waals surface area contributed by atoms with Crippen molar-refractivity contribution in [3.63, 3.8) is 0 Å². The van der Waals surface area contributed by atoms with Crippen molar-refractivity contribution in [1.82, 2.24) is 4.72 Å². The zero-order chi connectivity index (χ0) is 23.1. The van der Waals surface area contributed by atoms with E-state index in [2.05, 4.69) is 10.0 Å². The lowest BCUT2D eigenvalue weighted by Gasteiger charge is -2.12. The maximum absolute atomic E-state index is 12.5. The standard InChI is InChI=1S/C22H20Cl2N2O5S/c1-30-21-9-7-16(23)11-19(21)26-22(27)14-31-20-10-8-17(12-18(20)24)32(28,29)25-13-15-5-3-2-4-6-15/h2-12,25H,13-14H2,1H3,(H,26,27). The summed E-state index contributed by atoms with van der Waals surface area (Å²) in [4.78, 5) is 12.2. The summed E-state index contributed by atoms with van der Waals surface area (Å²) in [6, 6.07) is 18.0. The Labute approximate surface area is 196 Å². The second-order valence-corrected chi connectivity index (χ2v) is 9.19. The van der Waals surface area contributed by atoms with Gasteiger partial charge < -0.3 is 14.8 Å². The second-order valence-electron chi connectivity index (χ2n) is 6.58. The highest BCUT2D eigenvalue weighted by atomic mass is 35.5. The average Bonchev–Trinajstić information content (AvgIpc) is 2.78. The molecule has 0 aliphatic heterocycles. The molecule has 0 aliphatic rings. The van der Waals surface area contributed by atoms with Crippen LogP contribution in [0.15, 0.2) is 71.6 Å². The van der Waals surface area contributed by atoms with E-state index < -0.39 is 15.9 Å². The number of benzene rings is 3. The number of sulfonamides is 1.